The summed E-state index contributed by atoms with van der Waals surface area (Å²) in [4.78, 5) is 3.87. The number of halogens is 3. The zero-order valence-corrected chi connectivity index (χ0v) is 10.1. The van der Waals surface area contributed by atoms with E-state index in [-0.39, 0.29) is 0 Å². The molecule has 0 spiro atoms. The molecule has 19 heavy (non-hydrogen) atoms. The van der Waals surface area contributed by atoms with Gasteiger partial charge in [0, 0.05) is 11.8 Å². The van der Waals surface area contributed by atoms with Crippen molar-refractivity contribution in [2.45, 2.75) is 12.6 Å². The molecule has 1 aromatic heterocycles. The molecule has 1 heterocycles. The maximum Gasteiger partial charge on any atom is 0.417 e. The number of nitrogens with zero attached hydrogens (tertiary/aromatic N) is 1. The lowest BCUT2D eigenvalue weighted by molar-refractivity contribution is -0.137. The van der Waals surface area contributed by atoms with E-state index < -0.39 is 11.7 Å². The lowest BCUT2D eigenvalue weighted by Crippen LogP contribution is -2.05. The molecular formula is C14H13F3N2. The summed E-state index contributed by atoms with van der Waals surface area (Å²) in [5.74, 6) is 0. The molecule has 0 fully saturated rings. The first-order valence-electron chi connectivity index (χ1n) is 5.83. The zero-order chi connectivity index (χ0) is 13.9. The van der Waals surface area contributed by atoms with E-state index in [1.807, 2.05) is 24.3 Å². The second kappa shape index (κ2) is 5.40. The minimum absolute atomic E-state index is 0.520. The molecule has 5 heteroatoms. The maximum atomic E-state index is 12.4. The molecule has 0 amide bonds. The Morgan fingerprint density at radius 1 is 1.11 bits per heavy atom. The van der Waals surface area contributed by atoms with Gasteiger partial charge in [-0.25, -0.2) is 0 Å². The number of nitrogens with two attached hydrogens (primary N) is 1. The molecule has 0 radical (unpaired) electrons. The van der Waals surface area contributed by atoms with E-state index in [1.165, 1.54) is 6.07 Å². The van der Waals surface area contributed by atoms with Crippen LogP contribution in [0.1, 0.15) is 11.1 Å². The average Bonchev–Trinajstić information content (AvgIpc) is 2.39. The molecule has 1 aromatic carbocycles. The van der Waals surface area contributed by atoms with E-state index in [0.717, 1.165) is 29.8 Å². The first kappa shape index (κ1) is 13.5. The summed E-state index contributed by atoms with van der Waals surface area (Å²) >= 11 is 0. The summed E-state index contributed by atoms with van der Waals surface area (Å²) in [7, 11) is 0. The molecule has 0 atom stereocenters. The molecule has 0 aliphatic carbocycles. The van der Waals surface area contributed by atoms with Crippen molar-refractivity contribution >= 4 is 0 Å². The van der Waals surface area contributed by atoms with E-state index >= 15 is 0 Å². The normalized spacial score (nSPS) is 11.6. The van der Waals surface area contributed by atoms with Gasteiger partial charge in [-0.05, 0) is 36.7 Å². The molecule has 0 aliphatic heterocycles. The molecular weight excluding hydrogens is 253 g/mol. The Kier molecular flexibility index (Phi) is 3.85. The van der Waals surface area contributed by atoms with Crippen LogP contribution in [-0.4, -0.2) is 11.5 Å². The Bertz CT molecular complexity index is 547. The Labute approximate surface area is 109 Å². The van der Waals surface area contributed by atoms with Gasteiger partial charge >= 0.3 is 6.18 Å². The summed E-state index contributed by atoms with van der Waals surface area (Å²) in [6.45, 7) is 0.532. The van der Waals surface area contributed by atoms with Crippen LogP contribution in [0.25, 0.3) is 11.3 Å². The lowest BCUT2D eigenvalue weighted by atomic mass is 10.1. The van der Waals surface area contributed by atoms with Crippen LogP contribution in [0.3, 0.4) is 0 Å². The molecule has 2 rings (SSSR count). The highest BCUT2D eigenvalue weighted by atomic mass is 19.4. The minimum atomic E-state index is -4.35. The van der Waals surface area contributed by atoms with Gasteiger partial charge in [0.2, 0.25) is 0 Å². The van der Waals surface area contributed by atoms with Gasteiger partial charge in [-0.1, -0.05) is 18.2 Å². The number of benzene rings is 1. The van der Waals surface area contributed by atoms with Crippen molar-refractivity contribution in [2.75, 3.05) is 6.54 Å². The highest BCUT2D eigenvalue weighted by molar-refractivity contribution is 5.60. The number of pyridine rings is 1. The smallest absolute Gasteiger partial charge is 0.330 e. The van der Waals surface area contributed by atoms with Gasteiger partial charge < -0.3 is 5.73 Å². The molecule has 0 saturated heterocycles. The van der Waals surface area contributed by atoms with Crippen LogP contribution in [0.2, 0.25) is 0 Å². The van der Waals surface area contributed by atoms with Crippen LogP contribution in [0.4, 0.5) is 13.2 Å². The van der Waals surface area contributed by atoms with E-state index in [1.54, 1.807) is 0 Å². The fourth-order valence-corrected chi connectivity index (χ4v) is 1.79. The Hall–Kier alpha value is -1.88. The number of alkyl halides is 3. The Morgan fingerprint density at radius 3 is 2.47 bits per heavy atom. The molecule has 0 saturated carbocycles. The van der Waals surface area contributed by atoms with E-state index in [4.69, 9.17) is 5.73 Å². The van der Waals surface area contributed by atoms with Crippen molar-refractivity contribution in [3.05, 3.63) is 53.7 Å². The number of hydrogen-bond acceptors (Lipinski definition) is 2. The van der Waals surface area contributed by atoms with E-state index in [0.29, 0.717) is 12.2 Å². The molecule has 0 unspecified atom stereocenters. The van der Waals surface area contributed by atoms with Gasteiger partial charge in [-0.15, -0.1) is 0 Å². The highest BCUT2D eigenvalue weighted by Gasteiger charge is 2.30. The van der Waals surface area contributed by atoms with Crippen molar-refractivity contribution in [1.82, 2.24) is 4.98 Å². The van der Waals surface area contributed by atoms with Gasteiger partial charge in [0.05, 0.1) is 11.3 Å². The fourth-order valence-electron chi connectivity index (χ4n) is 1.79. The summed E-state index contributed by atoms with van der Waals surface area (Å²) in [6, 6.07) is 9.90. The van der Waals surface area contributed by atoms with Crippen LogP contribution in [0, 0.1) is 0 Å². The predicted molar refractivity (Wildman–Crippen MR) is 67.4 cm³/mol. The molecule has 2 N–H and O–H groups in total. The highest BCUT2D eigenvalue weighted by Crippen LogP contribution is 2.29. The molecule has 2 aromatic rings. The summed E-state index contributed by atoms with van der Waals surface area (Å²) < 4.78 is 37.3. The third-order valence-corrected chi connectivity index (χ3v) is 2.75. The molecule has 100 valence electrons. The quantitative estimate of drug-likeness (QED) is 0.926. The SMILES string of the molecule is NCCc1cccc(-c2ccc(C(F)(F)F)cn2)c1. The summed E-state index contributed by atoms with van der Waals surface area (Å²) in [5.41, 5.74) is 7.09. The van der Waals surface area contributed by atoms with Crippen LogP contribution in [0.15, 0.2) is 42.6 Å². The molecule has 0 aliphatic rings. The monoisotopic (exact) mass is 266 g/mol. The summed E-state index contributed by atoms with van der Waals surface area (Å²) in [6.07, 6.45) is -2.77. The van der Waals surface area contributed by atoms with E-state index in [2.05, 4.69) is 4.98 Å². The second-order valence-corrected chi connectivity index (χ2v) is 4.17. The van der Waals surface area contributed by atoms with E-state index in [9.17, 15) is 13.2 Å². The van der Waals surface area contributed by atoms with Crippen molar-refractivity contribution in [2.24, 2.45) is 5.73 Å². The molecule has 0 bridgehead atoms. The Morgan fingerprint density at radius 2 is 1.89 bits per heavy atom. The van der Waals surface area contributed by atoms with Gasteiger partial charge in [0.1, 0.15) is 0 Å². The van der Waals surface area contributed by atoms with Crippen molar-refractivity contribution in [3.8, 4) is 11.3 Å². The van der Waals surface area contributed by atoms with Crippen molar-refractivity contribution in [3.63, 3.8) is 0 Å². The minimum Gasteiger partial charge on any atom is -0.330 e. The van der Waals surface area contributed by atoms with Gasteiger partial charge in [0.25, 0.3) is 0 Å². The van der Waals surface area contributed by atoms with Crippen molar-refractivity contribution < 1.29 is 13.2 Å². The third-order valence-electron chi connectivity index (χ3n) is 2.75. The van der Waals surface area contributed by atoms with Gasteiger partial charge in [0.15, 0.2) is 0 Å². The predicted octanol–water partition coefficient (Wildman–Crippen LogP) is 3.27. The number of hydrogen-bond donors (Lipinski definition) is 1. The standard InChI is InChI=1S/C14H13F3N2/c15-14(16,17)12-4-5-13(19-9-12)11-3-1-2-10(8-11)6-7-18/h1-5,8-9H,6-7,18H2. The van der Waals surface area contributed by atoms with Crippen LogP contribution >= 0.6 is 0 Å². The van der Waals surface area contributed by atoms with Gasteiger partial charge in [-0.2, -0.15) is 13.2 Å². The van der Waals surface area contributed by atoms with Gasteiger partial charge in [-0.3, -0.25) is 4.98 Å². The topological polar surface area (TPSA) is 38.9 Å². The first-order valence-corrected chi connectivity index (χ1v) is 5.83. The van der Waals surface area contributed by atoms with Crippen LogP contribution in [0.5, 0.6) is 0 Å². The average molecular weight is 266 g/mol. The number of aromatic nitrogens is 1. The van der Waals surface area contributed by atoms with Crippen LogP contribution < -0.4 is 5.73 Å². The Balaban J connectivity index is 2.29. The lowest BCUT2D eigenvalue weighted by Gasteiger charge is -2.08. The fraction of sp³-hybridized carbons (Fsp3) is 0.214. The third kappa shape index (κ3) is 3.32. The first-order chi connectivity index (χ1) is 9.00. The molecule has 2 nitrogen and oxygen atoms in total. The maximum absolute atomic E-state index is 12.4. The van der Waals surface area contributed by atoms with Crippen molar-refractivity contribution in [1.29, 1.82) is 0 Å². The summed E-state index contributed by atoms with van der Waals surface area (Å²) in [5, 5.41) is 0. The second-order valence-electron chi connectivity index (χ2n) is 4.17. The number of rotatable bonds is 3. The van der Waals surface area contributed by atoms with Crippen LogP contribution in [-0.2, 0) is 12.6 Å². The zero-order valence-electron chi connectivity index (χ0n) is 10.1. The largest absolute Gasteiger partial charge is 0.417 e.